The molecule has 1 heterocycles. The number of benzene rings is 1. The molecule has 0 saturated carbocycles. The first-order valence-electron chi connectivity index (χ1n) is 5.49. The first-order chi connectivity index (χ1) is 8.31. The zero-order valence-electron chi connectivity index (χ0n) is 9.59. The summed E-state index contributed by atoms with van der Waals surface area (Å²) >= 11 is 0. The topological polar surface area (TPSA) is 38.7 Å². The molecule has 1 aromatic carbocycles. The summed E-state index contributed by atoms with van der Waals surface area (Å²) in [6, 6.07) is 5.49. The van der Waals surface area contributed by atoms with Crippen LogP contribution in [0.2, 0.25) is 0 Å². The summed E-state index contributed by atoms with van der Waals surface area (Å²) in [4.78, 5) is 15.6. The summed E-state index contributed by atoms with van der Waals surface area (Å²) in [5, 5.41) is 2.02. The van der Waals surface area contributed by atoms with E-state index in [1.54, 1.807) is 25.4 Å². The summed E-state index contributed by atoms with van der Waals surface area (Å²) in [6.45, 7) is 2.18. The van der Waals surface area contributed by atoms with Gasteiger partial charge in [0, 0.05) is 12.4 Å². The van der Waals surface area contributed by atoms with Crippen molar-refractivity contribution in [2.45, 2.75) is 6.92 Å². The van der Waals surface area contributed by atoms with Crippen LogP contribution in [0.4, 0.5) is 0 Å². The summed E-state index contributed by atoms with van der Waals surface area (Å²) in [5.41, 5.74) is 0.563. The maximum Gasteiger partial charge on any atom is 0.338 e. The molecule has 0 N–H and O–H groups in total. The van der Waals surface area contributed by atoms with E-state index in [4.69, 9.17) is 4.74 Å². The van der Waals surface area contributed by atoms with E-state index >= 15 is 0 Å². The highest BCUT2D eigenvalue weighted by atomic mass is 16.5. The van der Waals surface area contributed by atoms with Gasteiger partial charge in [-0.2, -0.15) is 0 Å². The maximum absolute atomic E-state index is 11.6. The van der Waals surface area contributed by atoms with Gasteiger partial charge in [-0.05, 0) is 41.6 Å². The van der Waals surface area contributed by atoms with E-state index < -0.39 is 0 Å². The van der Waals surface area contributed by atoms with E-state index in [1.165, 1.54) is 0 Å². The third-order valence-corrected chi connectivity index (χ3v) is 2.39. The molecule has 0 aromatic heterocycles. The molecule has 3 nitrogen and oxygen atoms in total. The number of ether oxygens (including phenoxy) is 1. The highest BCUT2D eigenvalue weighted by Crippen LogP contribution is 1.96. The number of carbonyl (C=O) groups is 1. The van der Waals surface area contributed by atoms with Gasteiger partial charge in [-0.15, -0.1) is 0 Å². The smallest absolute Gasteiger partial charge is 0.338 e. The van der Waals surface area contributed by atoms with Gasteiger partial charge < -0.3 is 4.74 Å². The number of esters is 1. The van der Waals surface area contributed by atoms with Crippen LogP contribution in [0.25, 0.3) is 12.2 Å². The summed E-state index contributed by atoms with van der Waals surface area (Å²) in [6.07, 6.45) is 9.12. The van der Waals surface area contributed by atoms with Crippen molar-refractivity contribution in [2.24, 2.45) is 4.99 Å². The lowest BCUT2D eigenvalue weighted by Crippen LogP contribution is -2.26. The average molecular weight is 227 g/mol. The number of allylic oxidation sites excluding steroid dienone is 1. The fourth-order valence-corrected chi connectivity index (χ4v) is 1.58. The minimum absolute atomic E-state index is 0.293. The van der Waals surface area contributed by atoms with Crippen LogP contribution in [-0.2, 0) is 4.74 Å². The first kappa shape index (κ1) is 11.3. The molecule has 1 aliphatic heterocycles. The number of aliphatic imine (C=N–C) groups is 1. The fourth-order valence-electron chi connectivity index (χ4n) is 1.58. The number of hydrogen-bond acceptors (Lipinski definition) is 3. The van der Waals surface area contributed by atoms with Crippen LogP contribution in [0.15, 0.2) is 35.5 Å². The Hall–Kier alpha value is -2.16. The SMILES string of the molecule is CCOC(=O)c1ccc2/c(c1)=C\C=N/C=C\C=2. The minimum Gasteiger partial charge on any atom is -0.462 e. The Labute approximate surface area is 99.4 Å². The number of fused-ring (bicyclic) bond motifs is 1. The minimum atomic E-state index is -0.293. The lowest BCUT2D eigenvalue weighted by Gasteiger charge is -2.01. The maximum atomic E-state index is 11.6. The van der Waals surface area contributed by atoms with Gasteiger partial charge >= 0.3 is 5.97 Å². The third-order valence-electron chi connectivity index (χ3n) is 2.39. The Morgan fingerprint density at radius 1 is 1.29 bits per heavy atom. The molecule has 0 fully saturated rings. The van der Waals surface area contributed by atoms with Crippen molar-refractivity contribution in [1.29, 1.82) is 0 Å². The van der Waals surface area contributed by atoms with Crippen LogP contribution in [0.3, 0.4) is 0 Å². The molecule has 17 heavy (non-hydrogen) atoms. The van der Waals surface area contributed by atoms with E-state index in [0.29, 0.717) is 12.2 Å². The Balaban J connectivity index is 2.50. The Kier molecular flexibility index (Phi) is 3.50. The van der Waals surface area contributed by atoms with Crippen LogP contribution in [0, 0.1) is 0 Å². The molecule has 0 aliphatic carbocycles. The number of rotatable bonds is 2. The quantitative estimate of drug-likeness (QED) is 0.708. The highest BCUT2D eigenvalue weighted by Gasteiger charge is 2.05. The van der Waals surface area contributed by atoms with Crippen LogP contribution in [-0.4, -0.2) is 18.8 Å². The van der Waals surface area contributed by atoms with Gasteiger partial charge in [0.2, 0.25) is 0 Å². The first-order valence-corrected chi connectivity index (χ1v) is 5.49. The number of nitrogens with zero attached hydrogens (tertiary/aromatic N) is 1. The number of carbonyl (C=O) groups excluding carboxylic acids is 1. The summed E-state index contributed by atoms with van der Waals surface area (Å²) < 4.78 is 4.96. The molecule has 0 amide bonds. The molecule has 0 saturated heterocycles. The Morgan fingerprint density at radius 2 is 2.18 bits per heavy atom. The Morgan fingerprint density at radius 3 is 3.00 bits per heavy atom. The summed E-state index contributed by atoms with van der Waals surface area (Å²) in [5.74, 6) is -0.293. The van der Waals surface area contributed by atoms with Gasteiger partial charge in [-0.1, -0.05) is 12.1 Å². The molecule has 2 rings (SSSR count). The van der Waals surface area contributed by atoms with Crippen LogP contribution in [0.5, 0.6) is 0 Å². The van der Waals surface area contributed by atoms with Gasteiger partial charge in [-0.25, -0.2) is 4.79 Å². The van der Waals surface area contributed by atoms with Crippen LogP contribution < -0.4 is 10.4 Å². The molecule has 1 aliphatic rings. The van der Waals surface area contributed by atoms with Crippen LogP contribution >= 0.6 is 0 Å². The molecule has 1 aromatic rings. The van der Waals surface area contributed by atoms with Gasteiger partial charge in [0.05, 0.1) is 12.2 Å². The van der Waals surface area contributed by atoms with Gasteiger partial charge in [-0.3, -0.25) is 4.99 Å². The van der Waals surface area contributed by atoms with E-state index in [2.05, 4.69) is 4.99 Å². The lowest BCUT2D eigenvalue weighted by atomic mass is 10.1. The Bertz CT molecular complexity index is 597. The fraction of sp³-hybridized carbons (Fsp3) is 0.143. The monoisotopic (exact) mass is 227 g/mol. The molecule has 3 heteroatoms. The molecule has 0 atom stereocenters. The average Bonchev–Trinajstić information content (AvgIpc) is 2.30. The van der Waals surface area contributed by atoms with E-state index in [0.717, 1.165) is 10.4 Å². The van der Waals surface area contributed by atoms with Crippen molar-refractivity contribution in [3.05, 3.63) is 46.5 Å². The molecule has 0 unspecified atom stereocenters. The lowest BCUT2D eigenvalue weighted by molar-refractivity contribution is 0.0526. The van der Waals surface area contributed by atoms with Crippen molar-refractivity contribution in [1.82, 2.24) is 0 Å². The molecular formula is C14H13NO2. The van der Waals surface area contributed by atoms with E-state index in [1.807, 2.05) is 30.4 Å². The molecular weight excluding hydrogens is 214 g/mol. The number of hydrogen-bond donors (Lipinski definition) is 0. The highest BCUT2D eigenvalue weighted by molar-refractivity contribution is 5.93. The van der Waals surface area contributed by atoms with Crippen molar-refractivity contribution in [3.63, 3.8) is 0 Å². The van der Waals surface area contributed by atoms with Crippen molar-refractivity contribution in [3.8, 4) is 0 Å². The van der Waals surface area contributed by atoms with Gasteiger partial charge in [0.25, 0.3) is 0 Å². The molecule has 0 bridgehead atoms. The zero-order chi connectivity index (χ0) is 12.1. The van der Waals surface area contributed by atoms with Gasteiger partial charge in [0.15, 0.2) is 0 Å². The van der Waals surface area contributed by atoms with Crippen LogP contribution in [0.1, 0.15) is 17.3 Å². The normalized spacial score (nSPS) is 20.5. The van der Waals surface area contributed by atoms with Crippen molar-refractivity contribution >= 4 is 24.3 Å². The van der Waals surface area contributed by atoms with Crippen molar-refractivity contribution < 1.29 is 9.53 Å². The van der Waals surface area contributed by atoms with Crippen molar-refractivity contribution in [2.75, 3.05) is 6.61 Å². The largest absolute Gasteiger partial charge is 0.462 e. The second kappa shape index (κ2) is 5.25. The van der Waals surface area contributed by atoms with E-state index in [-0.39, 0.29) is 5.97 Å². The third kappa shape index (κ3) is 2.69. The predicted octanol–water partition coefficient (Wildman–Crippen LogP) is 1.02. The van der Waals surface area contributed by atoms with E-state index in [9.17, 15) is 4.79 Å². The standard InChI is InChI=1S/C14H13NO2/c1-2-17-14(16)13-6-5-11-4-3-8-15-9-7-12(11)10-13/h3-10H,2H2,1H3/b4-3?,8-3-,9-7?,11-4-,12-7-,15-8?,15-9-. The second-order valence-corrected chi connectivity index (χ2v) is 3.54. The molecule has 86 valence electrons. The second-order valence-electron chi connectivity index (χ2n) is 3.54. The zero-order valence-corrected chi connectivity index (χ0v) is 9.59. The molecule has 0 radical (unpaired) electrons. The summed E-state index contributed by atoms with van der Waals surface area (Å²) in [7, 11) is 0. The molecule has 0 spiro atoms. The van der Waals surface area contributed by atoms with Gasteiger partial charge in [0.1, 0.15) is 0 Å². The predicted molar refractivity (Wildman–Crippen MR) is 68.2 cm³/mol.